The van der Waals surface area contributed by atoms with Gasteiger partial charge < -0.3 is 19.5 Å². The molecule has 1 aliphatic rings. The lowest BCUT2D eigenvalue weighted by molar-refractivity contribution is -0.132. The summed E-state index contributed by atoms with van der Waals surface area (Å²) in [4.78, 5) is 13.9. The highest BCUT2D eigenvalue weighted by molar-refractivity contribution is 5.78. The van der Waals surface area contributed by atoms with E-state index in [1.165, 1.54) is 0 Å². The molecule has 0 saturated carbocycles. The van der Waals surface area contributed by atoms with E-state index >= 15 is 0 Å². The highest BCUT2D eigenvalue weighted by Gasteiger charge is 2.29. The molecule has 1 N–H and O–H groups in total. The molecule has 2 atom stereocenters. The van der Waals surface area contributed by atoms with Gasteiger partial charge in [0, 0.05) is 19.0 Å². The predicted molar refractivity (Wildman–Crippen MR) is 79.6 cm³/mol. The molecule has 5 heteroatoms. The number of carbonyl (C=O) groups is 1. The molecule has 0 radical (unpaired) electrons. The fourth-order valence-corrected chi connectivity index (χ4v) is 2.53. The molecule has 1 saturated heterocycles. The molecule has 1 aromatic rings. The number of aliphatic hydroxyl groups is 1. The molecule has 1 fully saturated rings. The molecule has 1 amide bonds. The van der Waals surface area contributed by atoms with Crippen molar-refractivity contribution < 1.29 is 19.4 Å². The van der Waals surface area contributed by atoms with Crippen LogP contribution in [0.25, 0.3) is 0 Å². The van der Waals surface area contributed by atoms with E-state index in [1.54, 1.807) is 18.9 Å². The van der Waals surface area contributed by atoms with Crippen molar-refractivity contribution in [2.24, 2.45) is 5.92 Å². The Kier molecular flexibility index (Phi) is 5.07. The summed E-state index contributed by atoms with van der Waals surface area (Å²) in [5, 5.41) is 9.57. The first-order valence-electron chi connectivity index (χ1n) is 7.24. The highest BCUT2D eigenvalue weighted by atomic mass is 16.5. The third-order valence-corrected chi connectivity index (χ3v) is 3.93. The van der Waals surface area contributed by atoms with Crippen LogP contribution in [0.5, 0.6) is 11.5 Å². The van der Waals surface area contributed by atoms with Gasteiger partial charge in [0.1, 0.15) is 0 Å². The van der Waals surface area contributed by atoms with Gasteiger partial charge in [-0.05, 0) is 38.0 Å². The van der Waals surface area contributed by atoms with Crippen LogP contribution in [0, 0.1) is 12.8 Å². The average molecular weight is 293 g/mol. The van der Waals surface area contributed by atoms with Crippen molar-refractivity contribution in [1.29, 1.82) is 0 Å². The molecule has 1 heterocycles. The van der Waals surface area contributed by atoms with Crippen LogP contribution < -0.4 is 9.47 Å². The number of aliphatic hydroxyl groups excluding tert-OH is 1. The van der Waals surface area contributed by atoms with Gasteiger partial charge in [-0.3, -0.25) is 4.79 Å². The van der Waals surface area contributed by atoms with Crippen LogP contribution in [0.15, 0.2) is 18.2 Å². The summed E-state index contributed by atoms with van der Waals surface area (Å²) < 4.78 is 10.8. The molecule has 2 rings (SSSR count). The Bertz CT molecular complexity index is 501. The van der Waals surface area contributed by atoms with Crippen molar-refractivity contribution in [3.05, 3.63) is 23.8 Å². The number of benzene rings is 1. The van der Waals surface area contributed by atoms with Crippen LogP contribution in [0.2, 0.25) is 0 Å². The van der Waals surface area contributed by atoms with E-state index < -0.39 is 0 Å². The van der Waals surface area contributed by atoms with Crippen molar-refractivity contribution in [1.82, 2.24) is 4.90 Å². The van der Waals surface area contributed by atoms with Gasteiger partial charge in [-0.1, -0.05) is 6.07 Å². The summed E-state index contributed by atoms with van der Waals surface area (Å²) in [6.45, 7) is 5.02. The molecule has 5 nitrogen and oxygen atoms in total. The van der Waals surface area contributed by atoms with Crippen LogP contribution in [-0.2, 0) is 4.79 Å². The maximum Gasteiger partial charge on any atom is 0.260 e. The molecule has 1 aliphatic heterocycles. The van der Waals surface area contributed by atoms with Gasteiger partial charge in [-0.2, -0.15) is 0 Å². The minimum Gasteiger partial charge on any atom is -0.493 e. The third kappa shape index (κ3) is 3.88. The van der Waals surface area contributed by atoms with E-state index in [2.05, 4.69) is 0 Å². The van der Waals surface area contributed by atoms with Gasteiger partial charge in [-0.15, -0.1) is 0 Å². The van der Waals surface area contributed by atoms with E-state index in [1.807, 2.05) is 25.1 Å². The summed E-state index contributed by atoms with van der Waals surface area (Å²) in [5.74, 6) is 1.32. The number of ether oxygens (including phenoxy) is 2. The van der Waals surface area contributed by atoms with Crippen molar-refractivity contribution >= 4 is 5.91 Å². The summed E-state index contributed by atoms with van der Waals surface area (Å²) >= 11 is 0. The Morgan fingerprint density at radius 3 is 2.86 bits per heavy atom. The first-order chi connectivity index (χ1) is 10.0. The number of methoxy groups -OCH3 is 1. The zero-order valence-electron chi connectivity index (χ0n) is 12.8. The second-order valence-electron chi connectivity index (χ2n) is 5.57. The number of rotatable bonds is 5. The van der Waals surface area contributed by atoms with E-state index in [9.17, 15) is 9.90 Å². The number of hydrogen-bond acceptors (Lipinski definition) is 4. The predicted octanol–water partition coefficient (Wildman–Crippen LogP) is 1.61. The Morgan fingerprint density at radius 2 is 2.24 bits per heavy atom. The maximum atomic E-state index is 12.1. The number of amides is 1. The lowest BCUT2D eigenvalue weighted by atomic mass is 10.0. The Labute approximate surface area is 125 Å². The van der Waals surface area contributed by atoms with Gasteiger partial charge in [-0.25, -0.2) is 0 Å². The van der Waals surface area contributed by atoms with Crippen LogP contribution in [0.1, 0.15) is 18.9 Å². The zero-order valence-corrected chi connectivity index (χ0v) is 12.8. The molecule has 2 unspecified atom stereocenters. The normalized spacial score (nSPS) is 19.4. The third-order valence-electron chi connectivity index (χ3n) is 3.93. The smallest absolute Gasteiger partial charge is 0.260 e. The zero-order chi connectivity index (χ0) is 15.4. The summed E-state index contributed by atoms with van der Waals surface area (Å²) in [7, 11) is 1.58. The summed E-state index contributed by atoms with van der Waals surface area (Å²) in [6, 6.07) is 5.60. The quantitative estimate of drug-likeness (QED) is 0.896. The standard InChI is InChI=1S/C16H23NO4/c1-11-4-5-14(15(8-11)20-3)21-10-16(19)17-7-6-13(9-17)12(2)18/h4-5,8,12-13,18H,6-7,9-10H2,1-3H3. The second-order valence-corrected chi connectivity index (χ2v) is 5.57. The van der Waals surface area contributed by atoms with E-state index in [4.69, 9.17) is 9.47 Å². The van der Waals surface area contributed by atoms with Crippen molar-refractivity contribution in [2.75, 3.05) is 26.8 Å². The number of likely N-dealkylation sites (tertiary alicyclic amines) is 1. The number of aryl methyl sites for hydroxylation is 1. The Balaban J connectivity index is 1.90. The largest absolute Gasteiger partial charge is 0.493 e. The molecular weight excluding hydrogens is 270 g/mol. The molecule has 21 heavy (non-hydrogen) atoms. The lowest BCUT2D eigenvalue weighted by Gasteiger charge is -2.18. The molecule has 0 spiro atoms. The number of carbonyl (C=O) groups excluding carboxylic acids is 1. The minimum atomic E-state index is -0.374. The molecule has 0 bridgehead atoms. The van der Waals surface area contributed by atoms with E-state index in [-0.39, 0.29) is 24.5 Å². The van der Waals surface area contributed by atoms with Gasteiger partial charge in [0.15, 0.2) is 18.1 Å². The number of nitrogens with zero attached hydrogens (tertiary/aromatic N) is 1. The number of hydrogen-bond donors (Lipinski definition) is 1. The van der Waals surface area contributed by atoms with E-state index in [0.717, 1.165) is 12.0 Å². The van der Waals surface area contributed by atoms with Crippen LogP contribution in [0.3, 0.4) is 0 Å². The van der Waals surface area contributed by atoms with Crippen molar-refractivity contribution in [2.45, 2.75) is 26.4 Å². The minimum absolute atomic E-state index is 0.00799. The van der Waals surface area contributed by atoms with Crippen molar-refractivity contribution in [3.63, 3.8) is 0 Å². The van der Waals surface area contributed by atoms with E-state index in [0.29, 0.717) is 24.6 Å². The van der Waals surface area contributed by atoms with Crippen molar-refractivity contribution in [3.8, 4) is 11.5 Å². The molecule has 0 aliphatic carbocycles. The highest BCUT2D eigenvalue weighted by Crippen LogP contribution is 2.28. The first-order valence-corrected chi connectivity index (χ1v) is 7.24. The fraction of sp³-hybridized carbons (Fsp3) is 0.562. The summed E-state index contributed by atoms with van der Waals surface area (Å²) in [5.41, 5.74) is 1.07. The SMILES string of the molecule is COc1cc(C)ccc1OCC(=O)N1CCC(C(C)O)C1. The topological polar surface area (TPSA) is 59.0 Å². The van der Waals surface area contributed by atoms with Crippen LogP contribution >= 0.6 is 0 Å². The van der Waals surface area contributed by atoms with Gasteiger partial charge in [0.05, 0.1) is 13.2 Å². The summed E-state index contributed by atoms with van der Waals surface area (Å²) in [6.07, 6.45) is 0.470. The molecule has 116 valence electrons. The van der Waals surface area contributed by atoms with Gasteiger partial charge in [0.25, 0.3) is 5.91 Å². The fourth-order valence-electron chi connectivity index (χ4n) is 2.53. The maximum absolute atomic E-state index is 12.1. The average Bonchev–Trinajstić information content (AvgIpc) is 2.95. The Morgan fingerprint density at radius 1 is 1.48 bits per heavy atom. The second kappa shape index (κ2) is 6.80. The monoisotopic (exact) mass is 293 g/mol. The van der Waals surface area contributed by atoms with Crippen LogP contribution in [-0.4, -0.2) is 48.8 Å². The Hall–Kier alpha value is -1.75. The molecule has 0 aromatic heterocycles. The first kappa shape index (κ1) is 15.6. The lowest BCUT2D eigenvalue weighted by Crippen LogP contribution is -2.34. The molecule has 1 aromatic carbocycles. The van der Waals surface area contributed by atoms with Crippen LogP contribution in [0.4, 0.5) is 0 Å². The van der Waals surface area contributed by atoms with Gasteiger partial charge >= 0.3 is 0 Å². The molecular formula is C16H23NO4. The van der Waals surface area contributed by atoms with Gasteiger partial charge in [0.2, 0.25) is 0 Å².